The van der Waals surface area contributed by atoms with Gasteiger partial charge in [0, 0.05) is 49.3 Å². The number of amides is 1. The van der Waals surface area contributed by atoms with Gasteiger partial charge < -0.3 is 15.5 Å². The highest BCUT2D eigenvalue weighted by Crippen LogP contribution is 2.45. The Hall–Kier alpha value is -3.40. The number of carbonyl (C=O) groups excluding carboxylic acids is 1. The van der Waals surface area contributed by atoms with Crippen LogP contribution < -0.4 is 15.5 Å². The molecule has 2 fully saturated rings. The number of hydrogen-bond acceptors (Lipinski definition) is 7. The van der Waals surface area contributed by atoms with Gasteiger partial charge in [-0.25, -0.2) is 0 Å². The maximum Gasteiger partial charge on any atom is 0.436 e. The number of rotatable bonds is 6. The van der Waals surface area contributed by atoms with E-state index in [0.29, 0.717) is 23.0 Å². The molecule has 4 N–H and O–H groups in total. The molecule has 1 aromatic carbocycles. The van der Waals surface area contributed by atoms with E-state index in [-0.39, 0.29) is 16.8 Å². The van der Waals surface area contributed by atoms with Crippen LogP contribution in [0.3, 0.4) is 0 Å². The molecular weight excluding hydrogens is 568 g/mol. The number of carbonyl (C=O) groups is 1. The number of H-pyrrole nitrogens is 2. The first kappa shape index (κ1) is 29.6. The molecule has 17 heteroatoms. The Labute approximate surface area is 229 Å². The maximum absolute atomic E-state index is 12.3. The number of tetrazole rings is 1. The highest BCUT2D eigenvalue weighted by Gasteiger charge is 2.40. The van der Waals surface area contributed by atoms with E-state index in [4.69, 9.17) is 11.6 Å². The highest BCUT2D eigenvalue weighted by atomic mass is 35.5. The highest BCUT2D eigenvalue weighted by molar-refractivity contribution is 6.32. The molecule has 0 bridgehead atoms. The molecule has 2 aromatic heterocycles. The Morgan fingerprint density at radius 3 is 2.50 bits per heavy atom. The Morgan fingerprint density at radius 1 is 1.18 bits per heavy atom. The minimum atomic E-state index is -4.46. The van der Waals surface area contributed by atoms with E-state index in [1.165, 1.54) is 0 Å². The van der Waals surface area contributed by atoms with Gasteiger partial charge in [0.25, 0.3) is 0 Å². The molecule has 1 amide bonds. The minimum absolute atomic E-state index is 0.149. The summed E-state index contributed by atoms with van der Waals surface area (Å²) < 4.78 is 73.5. The van der Waals surface area contributed by atoms with E-state index in [2.05, 4.69) is 53.3 Å². The van der Waals surface area contributed by atoms with Crippen LogP contribution in [-0.4, -0.2) is 68.6 Å². The number of anilines is 2. The number of piperazine rings is 1. The van der Waals surface area contributed by atoms with Crippen molar-refractivity contribution in [1.82, 2.24) is 36.1 Å². The van der Waals surface area contributed by atoms with Crippen molar-refractivity contribution >= 4 is 28.9 Å². The molecule has 0 radical (unpaired) electrons. The molecule has 1 aliphatic heterocycles. The molecule has 5 rings (SSSR count). The third kappa shape index (κ3) is 7.84. The fourth-order valence-corrected chi connectivity index (χ4v) is 4.45. The summed E-state index contributed by atoms with van der Waals surface area (Å²) in [6.45, 7) is 4.55. The van der Waals surface area contributed by atoms with Crippen LogP contribution in [0.5, 0.6) is 0 Å². The summed E-state index contributed by atoms with van der Waals surface area (Å²) in [5.74, 6) is -0.317. The SMILES string of the molecule is C[C@H]1CN(c2ccc(NC(=O)CCC(F)(F)F)c(-c3nn[nH]n3)c2)CCN1.FC(F)(F)c1n[nH]c(C2CC2)c1Cl. The number of nitrogens with one attached hydrogen (secondary N) is 4. The molecule has 3 aromatic rings. The number of benzene rings is 1. The van der Waals surface area contributed by atoms with E-state index in [1.807, 2.05) is 12.1 Å². The zero-order valence-corrected chi connectivity index (χ0v) is 21.9. The largest absolute Gasteiger partial charge is 0.436 e. The average Bonchev–Trinajstić information content (AvgIpc) is 3.40. The third-order valence-corrected chi connectivity index (χ3v) is 6.60. The predicted molar refractivity (Wildman–Crippen MR) is 134 cm³/mol. The first-order chi connectivity index (χ1) is 18.8. The Balaban J connectivity index is 0.000000236. The lowest BCUT2D eigenvalue weighted by atomic mass is 10.1. The molecule has 0 unspecified atom stereocenters. The van der Waals surface area contributed by atoms with Gasteiger partial charge in [-0.3, -0.25) is 9.89 Å². The standard InChI is InChI=1S/C16H20F3N7O.C7H6ClF3N2/c1-10-9-26(7-6-20-10)11-2-3-13(12(8-11)15-22-24-25-23-15)21-14(27)4-5-16(17,18)19;8-4-5(3-1-2-3)12-13-6(4)7(9,10)11/h2-3,8,10,20H,4-7,9H2,1H3,(H,21,27)(H,22,23,24,25);3H,1-2H2,(H,12,13)/t10-;/m0./s1. The number of alkyl halides is 6. The van der Waals surface area contributed by atoms with Gasteiger partial charge in [0.15, 0.2) is 5.69 Å². The van der Waals surface area contributed by atoms with Crippen LogP contribution in [0.15, 0.2) is 18.2 Å². The van der Waals surface area contributed by atoms with Crippen LogP contribution in [0.4, 0.5) is 37.7 Å². The summed E-state index contributed by atoms with van der Waals surface area (Å²) in [6, 6.07) is 5.61. The van der Waals surface area contributed by atoms with Gasteiger partial charge in [-0.1, -0.05) is 11.6 Å². The van der Waals surface area contributed by atoms with Crippen LogP contribution >= 0.6 is 11.6 Å². The van der Waals surface area contributed by atoms with Gasteiger partial charge in [-0.05, 0) is 43.2 Å². The van der Waals surface area contributed by atoms with Crippen molar-refractivity contribution in [3.63, 3.8) is 0 Å². The van der Waals surface area contributed by atoms with E-state index < -0.39 is 36.8 Å². The van der Waals surface area contributed by atoms with Crippen molar-refractivity contribution in [3.8, 4) is 11.4 Å². The first-order valence-electron chi connectivity index (χ1n) is 12.4. The van der Waals surface area contributed by atoms with E-state index in [0.717, 1.165) is 38.2 Å². The van der Waals surface area contributed by atoms with Crippen LogP contribution in [-0.2, 0) is 11.0 Å². The van der Waals surface area contributed by atoms with Crippen LogP contribution in [0.2, 0.25) is 5.02 Å². The second-order valence-electron chi connectivity index (χ2n) is 9.50. The van der Waals surface area contributed by atoms with Gasteiger partial charge in [-0.2, -0.15) is 36.7 Å². The summed E-state index contributed by atoms with van der Waals surface area (Å²) >= 11 is 5.53. The predicted octanol–water partition coefficient (Wildman–Crippen LogP) is 4.91. The molecular formula is C23H26ClF6N9O. The second kappa shape index (κ2) is 12.0. The number of halogens is 7. The van der Waals surface area contributed by atoms with Crippen molar-refractivity contribution in [2.45, 2.75) is 56.9 Å². The fraction of sp³-hybridized carbons (Fsp3) is 0.522. The molecule has 10 nitrogen and oxygen atoms in total. The second-order valence-corrected chi connectivity index (χ2v) is 9.88. The third-order valence-electron chi connectivity index (χ3n) is 6.22. The zero-order valence-electron chi connectivity index (χ0n) is 21.1. The molecule has 40 heavy (non-hydrogen) atoms. The fourth-order valence-electron chi connectivity index (χ4n) is 4.11. The monoisotopic (exact) mass is 593 g/mol. The zero-order chi connectivity index (χ0) is 29.1. The van der Waals surface area contributed by atoms with Gasteiger partial charge in [0.05, 0.1) is 22.8 Å². The van der Waals surface area contributed by atoms with Gasteiger partial charge in [0.2, 0.25) is 11.7 Å². The Bertz CT molecular complexity index is 1290. The van der Waals surface area contributed by atoms with Crippen molar-refractivity contribution < 1.29 is 31.1 Å². The molecule has 2 aliphatic rings. The number of aromatic amines is 2. The number of aromatic nitrogens is 6. The lowest BCUT2D eigenvalue weighted by molar-refractivity contribution is -0.142. The first-order valence-corrected chi connectivity index (χ1v) is 12.7. The summed E-state index contributed by atoms with van der Waals surface area (Å²) in [7, 11) is 0. The Kier molecular flexibility index (Phi) is 8.87. The van der Waals surface area contributed by atoms with E-state index in [9.17, 15) is 31.1 Å². The molecule has 1 saturated carbocycles. The molecule has 1 aliphatic carbocycles. The smallest absolute Gasteiger partial charge is 0.369 e. The number of nitrogens with zero attached hydrogens (tertiary/aromatic N) is 5. The average molecular weight is 594 g/mol. The summed E-state index contributed by atoms with van der Waals surface area (Å²) in [5, 5.41) is 24.8. The summed E-state index contributed by atoms with van der Waals surface area (Å²) in [5.41, 5.74) is 1.17. The maximum atomic E-state index is 12.3. The van der Waals surface area contributed by atoms with Crippen molar-refractivity contribution in [2.75, 3.05) is 29.9 Å². The van der Waals surface area contributed by atoms with Gasteiger partial charge in [0.1, 0.15) is 0 Å². The normalized spacial score (nSPS) is 17.8. The Morgan fingerprint density at radius 2 is 1.93 bits per heavy atom. The minimum Gasteiger partial charge on any atom is -0.369 e. The van der Waals surface area contributed by atoms with Gasteiger partial charge in [-0.15, -0.1) is 10.2 Å². The molecule has 1 saturated heterocycles. The lowest BCUT2D eigenvalue weighted by Gasteiger charge is -2.34. The van der Waals surface area contributed by atoms with Gasteiger partial charge >= 0.3 is 12.4 Å². The van der Waals surface area contributed by atoms with Crippen molar-refractivity contribution in [3.05, 3.63) is 34.6 Å². The summed E-state index contributed by atoms with van der Waals surface area (Å²) in [6.07, 6.45) is -8.88. The van der Waals surface area contributed by atoms with E-state index in [1.54, 1.807) is 6.07 Å². The van der Waals surface area contributed by atoms with Crippen LogP contribution in [0.25, 0.3) is 11.4 Å². The van der Waals surface area contributed by atoms with E-state index >= 15 is 0 Å². The molecule has 218 valence electrons. The number of hydrogen-bond donors (Lipinski definition) is 4. The summed E-state index contributed by atoms with van der Waals surface area (Å²) in [4.78, 5) is 14.1. The van der Waals surface area contributed by atoms with Crippen molar-refractivity contribution in [2.24, 2.45) is 0 Å². The molecule has 3 heterocycles. The molecule has 0 spiro atoms. The van der Waals surface area contributed by atoms with Crippen LogP contribution in [0, 0.1) is 0 Å². The van der Waals surface area contributed by atoms with Crippen LogP contribution in [0.1, 0.15) is 49.9 Å². The van der Waals surface area contributed by atoms with Crippen molar-refractivity contribution in [1.29, 1.82) is 0 Å². The lowest BCUT2D eigenvalue weighted by Crippen LogP contribution is -2.49. The topological polar surface area (TPSA) is 128 Å². The molecule has 1 atom stereocenters. The quantitative estimate of drug-likeness (QED) is 0.299.